The van der Waals surface area contributed by atoms with Crippen LogP contribution in [-0.4, -0.2) is 41.5 Å². The molecule has 21 heavy (non-hydrogen) atoms. The number of nitrogens with two attached hydrogens (primary N) is 1. The molecule has 0 bridgehead atoms. The summed E-state index contributed by atoms with van der Waals surface area (Å²) >= 11 is 0. The minimum absolute atomic E-state index is 0.0228. The summed E-state index contributed by atoms with van der Waals surface area (Å²) in [5.41, 5.74) is 6.47. The standard InChI is InChI=1S/C16H20N2O3/c17-16(21)14-4-1-12(2-5-14)3-6-15(20)18-9-7-13(11-19)8-10-18/h1-6,13,19H,7-11H2,(H2,17,21)/b6-3+. The predicted octanol–water partition coefficient (Wildman–Crippen LogP) is 1.03. The third-order valence-electron chi connectivity index (χ3n) is 3.80. The number of nitrogens with zero attached hydrogens (tertiary/aromatic N) is 1. The number of carbonyl (C=O) groups is 2. The molecule has 3 N–H and O–H groups in total. The Bertz CT molecular complexity index is 529. The summed E-state index contributed by atoms with van der Waals surface area (Å²) in [4.78, 5) is 24.8. The van der Waals surface area contributed by atoms with E-state index in [-0.39, 0.29) is 12.5 Å². The maximum absolute atomic E-state index is 12.0. The fourth-order valence-corrected chi connectivity index (χ4v) is 2.37. The minimum atomic E-state index is -0.464. The van der Waals surface area contributed by atoms with Crippen molar-refractivity contribution in [2.75, 3.05) is 19.7 Å². The molecule has 0 radical (unpaired) electrons. The molecule has 1 aromatic carbocycles. The van der Waals surface area contributed by atoms with Gasteiger partial charge in [-0.3, -0.25) is 9.59 Å². The van der Waals surface area contributed by atoms with Crippen LogP contribution in [-0.2, 0) is 4.79 Å². The van der Waals surface area contributed by atoms with Crippen LogP contribution in [0.3, 0.4) is 0 Å². The number of hydrogen-bond donors (Lipinski definition) is 2. The minimum Gasteiger partial charge on any atom is -0.396 e. The highest BCUT2D eigenvalue weighted by Gasteiger charge is 2.20. The van der Waals surface area contributed by atoms with Crippen molar-refractivity contribution in [2.45, 2.75) is 12.8 Å². The molecule has 1 aliphatic rings. The Morgan fingerprint density at radius 1 is 1.24 bits per heavy atom. The lowest BCUT2D eigenvalue weighted by atomic mass is 9.98. The van der Waals surface area contributed by atoms with Gasteiger partial charge in [0.2, 0.25) is 11.8 Å². The van der Waals surface area contributed by atoms with Crippen LogP contribution in [0.15, 0.2) is 30.3 Å². The molecule has 1 aromatic rings. The smallest absolute Gasteiger partial charge is 0.248 e. The van der Waals surface area contributed by atoms with Gasteiger partial charge in [0.15, 0.2) is 0 Å². The average Bonchev–Trinajstić information content (AvgIpc) is 2.53. The molecule has 112 valence electrons. The first-order valence-electron chi connectivity index (χ1n) is 7.08. The highest BCUT2D eigenvalue weighted by Crippen LogP contribution is 2.16. The fourth-order valence-electron chi connectivity index (χ4n) is 2.37. The SMILES string of the molecule is NC(=O)c1ccc(/C=C/C(=O)N2CCC(CO)CC2)cc1. The molecule has 0 saturated carbocycles. The number of benzene rings is 1. The normalized spacial score (nSPS) is 16.3. The van der Waals surface area contributed by atoms with E-state index < -0.39 is 5.91 Å². The third-order valence-corrected chi connectivity index (χ3v) is 3.80. The Morgan fingerprint density at radius 3 is 2.38 bits per heavy atom. The van der Waals surface area contributed by atoms with E-state index in [1.54, 1.807) is 41.3 Å². The summed E-state index contributed by atoms with van der Waals surface area (Å²) in [5, 5.41) is 9.08. The zero-order chi connectivity index (χ0) is 15.2. The van der Waals surface area contributed by atoms with Gasteiger partial charge in [-0.2, -0.15) is 0 Å². The molecule has 5 heteroatoms. The maximum atomic E-state index is 12.0. The van der Waals surface area contributed by atoms with Gasteiger partial charge in [-0.15, -0.1) is 0 Å². The lowest BCUT2D eigenvalue weighted by Crippen LogP contribution is -2.38. The Hall–Kier alpha value is -2.14. The van der Waals surface area contributed by atoms with Crippen molar-refractivity contribution in [3.05, 3.63) is 41.5 Å². The molecule has 2 amide bonds. The molecule has 1 heterocycles. The van der Waals surface area contributed by atoms with Crippen LogP contribution in [0.25, 0.3) is 6.08 Å². The van der Waals surface area contributed by atoms with Gasteiger partial charge in [-0.25, -0.2) is 0 Å². The molecule has 0 spiro atoms. The molecule has 0 aliphatic carbocycles. The molecule has 0 atom stereocenters. The van der Waals surface area contributed by atoms with Crippen molar-refractivity contribution in [3.63, 3.8) is 0 Å². The number of rotatable bonds is 4. The van der Waals surface area contributed by atoms with Crippen LogP contribution in [0.2, 0.25) is 0 Å². The van der Waals surface area contributed by atoms with E-state index >= 15 is 0 Å². The second kappa shape index (κ2) is 7.04. The summed E-state index contributed by atoms with van der Waals surface area (Å²) in [6.07, 6.45) is 4.97. The van der Waals surface area contributed by atoms with Gasteiger partial charge in [-0.1, -0.05) is 12.1 Å². The molecular formula is C16H20N2O3. The van der Waals surface area contributed by atoms with Crippen LogP contribution in [0.5, 0.6) is 0 Å². The van der Waals surface area contributed by atoms with Crippen molar-refractivity contribution in [3.8, 4) is 0 Å². The van der Waals surface area contributed by atoms with Gasteiger partial charge in [0, 0.05) is 31.3 Å². The van der Waals surface area contributed by atoms with E-state index in [1.165, 1.54) is 0 Å². The largest absolute Gasteiger partial charge is 0.396 e. The number of amides is 2. The molecule has 2 rings (SSSR count). The van der Waals surface area contributed by atoms with Crippen LogP contribution in [0, 0.1) is 5.92 Å². The molecule has 1 aliphatic heterocycles. The number of likely N-dealkylation sites (tertiary alicyclic amines) is 1. The lowest BCUT2D eigenvalue weighted by molar-refractivity contribution is -0.127. The monoisotopic (exact) mass is 288 g/mol. The van der Waals surface area contributed by atoms with Gasteiger partial charge in [0.05, 0.1) is 0 Å². The summed E-state index contributed by atoms with van der Waals surface area (Å²) in [7, 11) is 0. The van der Waals surface area contributed by atoms with E-state index in [1.807, 2.05) is 0 Å². The number of aliphatic hydroxyl groups excluding tert-OH is 1. The highest BCUT2D eigenvalue weighted by atomic mass is 16.3. The Balaban J connectivity index is 1.91. The maximum Gasteiger partial charge on any atom is 0.248 e. The quantitative estimate of drug-likeness (QED) is 0.812. The Labute approximate surface area is 124 Å². The first-order chi connectivity index (χ1) is 10.1. The zero-order valence-corrected chi connectivity index (χ0v) is 11.9. The van der Waals surface area contributed by atoms with E-state index in [9.17, 15) is 9.59 Å². The van der Waals surface area contributed by atoms with Gasteiger partial charge < -0.3 is 15.7 Å². The average molecular weight is 288 g/mol. The number of hydrogen-bond acceptors (Lipinski definition) is 3. The van der Waals surface area contributed by atoms with Crippen molar-refractivity contribution in [1.82, 2.24) is 4.90 Å². The van der Waals surface area contributed by atoms with Crippen LogP contribution in [0.1, 0.15) is 28.8 Å². The zero-order valence-electron chi connectivity index (χ0n) is 11.9. The van der Waals surface area contributed by atoms with Crippen LogP contribution < -0.4 is 5.73 Å². The van der Waals surface area contributed by atoms with Gasteiger partial charge >= 0.3 is 0 Å². The third kappa shape index (κ3) is 4.16. The Morgan fingerprint density at radius 2 is 1.86 bits per heavy atom. The van der Waals surface area contributed by atoms with Crippen molar-refractivity contribution in [1.29, 1.82) is 0 Å². The molecule has 1 saturated heterocycles. The van der Waals surface area contributed by atoms with Crippen molar-refractivity contribution < 1.29 is 14.7 Å². The summed E-state index contributed by atoms with van der Waals surface area (Å²) < 4.78 is 0. The van der Waals surface area contributed by atoms with Crippen molar-refractivity contribution >= 4 is 17.9 Å². The van der Waals surface area contributed by atoms with E-state index in [4.69, 9.17) is 10.8 Å². The van der Waals surface area contributed by atoms with E-state index in [2.05, 4.69) is 0 Å². The van der Waals surface area contributed by atoms with Gasteiger partial charge in [0.25, 0.3) is 0 Å². The molecule has 0 aromatic heterocycles. The number of aliphatic hydroxyl groups is 1. The number of piperidine rings is 1. The van der Waals surface area contributed by atoms with Gasteiger partial charge in [0.1, 0.15) is 0 Å². The van der Waals surface area contributed by atoms with Crippen LogP contribution >= 0.6 is 0 Å². The highest BCUT2D eigenvalue weighted by molar-refractivity contribution is 5.94. The summed E-state index contributed by atoms with van der Waals surface area (Å²) in [5.74, 6) is -0.168. The topological polar surface area (TPSA) is 83.6 Å². The second-order valence-corrected chi connectivity index (χ2v) is 5.27. The van der Waals surface area contributed by atoms with Crippen molar-refractivity contribution in [2.24, 2.45) is 11.7 Å². The van der Waals surface area contributed by atoms with E-state index in [0.29, 0.717) is 24.6 Å². The molecular weight excluding hydrogens is 268 g/mol. The lowest BCUT2D eigenvalue weighted by Gasteiger charge is -2.30. The Kier molecular flexibility index (Phi) is 5.11. The summed E-state index contributed by atoms with van der Waals surface area (Å²) in [6.45, 7) is 1.58. The van der Waals surface area contributed by atoms with Gasteiger partial charge in [-0.05, 0) is 42.5 Å². The second-order valence-electron chi connectivity index (χ2n) is 5.27. The first kappa shape index (κ1) is 15.3. The fraction of sp³-hybridized carbons (Fsp3) is 0.375. The summed E-state index contributed by atoms with van der Waals surface area (Å²) in [6, 6.07) is 6.78. The van der Waals surface area contributed by atoms with E-state index in [0.717, 1.165) is 18.4 Å². The molecule has 5 nitrogen and oxygen atoms in total. The number of primary amides is 1. The van der Waals surface area contributed by atoms with Crippen LogP contribution in [0.4, 0.5) is 0 Å². The number of carbonyl (C=O) groups excluding carboxylic acids is 2. The molecule has 1 fully saturated rings. The first-order valence-corrected chi connectivity index (χ1v) is 7.08. The predicted molar refractivity (Wildman–Crippen MR) is 80.4 cm³/mol. The molecule has 0 unspecified atom stereocenters.